The van der Waals surface area contributed by atoms with Crippen LogP contribution in [0.3, 0.4) is 0 Å². The molecule has 0 aliphatic carbocycles. The van der Waals surface area contributed by atoms with Crippen LogP contribution in [-0.4, -0.2) is 70.0 Å². The lowest BCUT2D eigenvalue weighted by molar-refractivity contribution is -0.121. The minimum atomic E-state index is -3.13. The van der Waals surface area contributed by atoms with E-state index in [1.165, 1.54) is 32.4 Å². The molecule has 170 valence electrons. The molecule has 2 aromatic rings. The summed E-state index contributed by atoms with van der Waals surface area (Å²) in [5, 5.41) is 2.75. The highest BCUT2D eigenvalue weighted by Crippen LogP contribution is 2.26. The Morgan fingerprint density at radius 2 is 1.44 bits per heavy atom. The Morgan fingerprint density at radius 1 is 0.906 bits per heavy atom. The number of esters is 2. The van der Waals surface area contributed by atoms with E-state index in [2.05, 4.69) is 5.32 Å². The molecule has 1 atom stereocenters. The second-order valence-corrected chi connectivity index (χ2v) is 9.58. The molecule has 1 fully saturated rings. The number of carbonyl (C=O) groups excluding carboxylic acids is 3. The van der Waals surface area contributed by atoms with Crippen molar-refractivity contribution in [3.8, 4) is 0 Å². The molecule has 3 rings (SSSR count). The molecule has 0 radical (unpaired) electrons. The number of anilines is 1. The standard InChI is InChI=1S/C22H24N2O7S/c1-30-21(26)16-12-17(22(27)31-2)14-18(13-16)23-20(25)19(15-6-4-3-5-7-15)24-8-10-32(28,29)11-9-24/h3-7,12-14,19H,8-11H2,1-2H3,(H,23,25). The number of nitrogens with one attached hydrogen (secondary N) is 1. The summed E-state index contributed by atoms with van der Waals surface area (Å²) in [6.45, 7) is 0.426. The molecule has 1 aliphatic rings. The van der Waals surface area contributed by atoms with Crippen LogP contribution in [0.25, 0.3) is 0 Å². The molecule has 2 aromatic carbocycles. The number of methoxy groups -OCH3 is 2. The first-order valence-electron chi connectivity index (χ1n) is 9.86. The van der Waals surface area contributed by atoms with E-state index in [0.717, 1.165) is 0 Å². The summed E-state index contributed by atoms with van der Waals surface area (Å²) in [6, 6.07) is 12.4. The number of hydrogen-bond acceptors (Lipinski definition) is 8. The zero-order valence-electron chi connectivity index (χ0n) is 17.7. The normalized spacial score (nSPS) is 16.6. The Balaban J connectivity index is 1.94. The highest BCUT2D eigenvalue weighted by atomic mass is 32.2. The number of rotatable bonds is 6. The van der Waals surface area contributed by atoms with Crippen molar-refractivity contribution >= 4 is 33.4 Å². The van der Waals surface area contributed by atoms with E-state index in [0.29, 0.717) is 5.56 Å². The van der Waals surface area contributed by atoms with Crippen LogP contribution in [0.5, 0.6) is 0 Å². The maximum atomic E-state index is 13.3. The average molecular weight is 461 g/mol. The van der Waals surface area contributed by atoms with Crippen LogP contribution < -0.4 is 5.32 Å². The van der Waals surface area contributed by atoms with E-state index in [1.54, 1.807) is 29.2 Å². The zero-order valence-corrected chi connectivity index (χ0v) is 18.6. The molecule has 1 amide bonds. The number of benzene rings is 2. The predicted octanol–water partition coefficient (Wildman–Crippen LogP) is 1.67. The molecule has 1 aliphatic heterocycles. The Hall–Kier alpha value is -3.24. The van der Waals surface area contributed by atoms with Crippen molar-refractivity contribution in [2.24, 2.45) is 0 Å². The van der Waals surface area contributed by atoms with Crippen molar-refractivity contribution in [3.63, 3.8) is 0 Å². The minimum absolute atomic E-state index is 0.0338. The fourth-order valence-electron chi connectivity index (χ4n) is 3.53. The van der Waals surface area contributed by atoms with Gasteiger partial charge >= 0.3 is 11.9 Å². The van der Waals surface area contributed by atoms with Gasteiger partial charge in [-0.2, -0.15) is 0 Å². The molecule has 0 saturated carbocycles. The van der Waals surface area contributed by atoms with Crippen molar-refractivity contribution in [2.75, 3.05) is 44.1 Å². The van der Waals surface area contributed by atoms with Crippen LogP contribution in [0, 0.1) is 0 Å². The molecule has 9 nitrogen and oxygen atoms in total. The number of hydrogen-bond donors (Lipinski definition) is 1. The van der Waals surface area contributed by atoms with Crippen LogP contribution in [0.1, 0.15) is 32.3 Å². The molecule has 32 heavy (non-hydrogen) atoms. The summed E-state index contributed by atoms with van der Waals surface area (Å²) >= 11 is 0. The maximum absolute atomic E-state index is 13.3. The molecule has 0 aromatic heterocycles. The Morgan fingerprint density at radius 3 is 1.94 bits per heavy atom. The first-order chi connectivity index (χ1) is 15.2. The van der Waals surface area contributed by atoms with Gasteiger partial charge in [0.1, 0.15) is 6.04 Å². The largest absolute Gasteiger partial charge is 0.465 e. The molecule has 1 heterocycles. The number of carbonyl (C=O) groups is 3. The number of sulfone groups is 1. The third-order valence-electron chi connectivity index (χ3n) is 5.15. The second kappa shape index (κ2) is 9.92. The molecule has 0 bridgehead atoms. The van der Waals surface area contributed by atoms with E-state index in [9.17, 15) is 22.8 Å². The summed E-state index contributed by atoms with van der Waals surface area (Å²) in [5.74, 6) is -1.84. The summed E-state index contributed by atoms with van der Waals surface area (Å²) < 4.78 is 33.2. The lowest BCUT2D eigenvalue weighted by Crippen LogP contribution is -2.46. The first kappa shape index (κ1) is 23.4. The zero-order chi connectivity index (χ0) is 23.3. The van der Waals surface area contributed by atoms with Crippen molar-refractivity contribution in [3.05, 3.63) is 65.2 Å². The van der Waals surface area contributed by atoms with Gasteiger partial charge in [0.15, 0.2) is 9.84 Å². The molecule has 1 unspecified atom stereocenters. The van der Waals surface area contributed by atoms with E-state index in [4.69, 9.17) is 9.47 Å². The number of nitrogens with zero attached hydrogens (tertiary/aromatic N) is 1. The molecular weight excluding hydrogens is 436 g/mol. The predicted molar refractivity (Wildman–Crippen MR) is 117 cm³/mol. The van der Waals surface area contributed by atoms with Crippen LogP contribution in [0.2, 0.25) is 0 Å². The van der Waals surface area contributed by atoms with Crippen LogP contribution in [0.4, 0.5) is 5.69 Å². The van der Waals surface area contributed by atoms with Crippen LogP contribution in [-0.2, 0) is 24.1 Å². The van der Waals surface area contributed by atoms with E-state index in [1.807, 2.05) is 6.07 Å². The third-order valence-corrected chi connectivity index (χ3v) is 6.76. The molecule has 1 N–H and O–H groups in total. The van der Waals surface area contributed by atoms with Crippen LogP contribution in [0.15, 0.2) is 48.5 Å². The van der Waals surface area contributed by atoms with Crippen LogP contribution >= 0.6 is 0 Å². The Bertz CT molecular complexity index is 1070. The Labute approximate surface area is 186 Å². The van der Waals surface area contributed by atoms with E-state index >= 15 is 0 Å². The number of ether oxygens (including phenoxy) is 2. The van der Waals surface area contributed by atoms with Gasteiger partial charge in [0.2, 0.25) is 5.91 Å². The smallest absolute Gasteiger partial charge is 0.337 e. The van der Waals surface area contributed by atoms with Gasteiger partial charge in [0.05, 0.1) is 36.9 Å². The lowest BCUT2D eigenvalue weighted by Gasteiger charge is -2.33. The summed E-state index contributed by atoms with van der Waals surface area (Å²) in [4.78, 5) is 39.2. The van der Waals surface area contributed by atoms with Gasteiger partial charge in [0, 0.05) is 18.8 Å². The quantitative estimate of drug-likeness (QED) is 0.647. The maximum Gasteiger partial charge on any atom is 0.337 e. The fourth-order valence-corrected chi connectivity index (χ4v) is 4.76. The highest BCUT2D eigenvalue weighted by Gasteiger charge is 2.32. The van der Waals surface area contributed by atoms with Crippen molar-refractivity contribution in [1.82, 2.24) is 4.90 Å². The van der Waals surface area contributed by atoms with E-state index in [-0.39, 0.29) is 41.4 Å². The topological polar surface area (TPSA) is 119 Å². The summed E-state index contributed by atoms with van der Waals surface area (Å²) in [5.41, 5.74) is 1.06. The molecule has 0 spiro atoms. The second-order valence-electron chi connectivity index (χ2n) is 7.27. The minimum Gasteiger partial charge on any atom is -0.465 e. The SMILES string of the molecule is COC(=O)c1cc(NC(=O)C(c2ccccc2)N2CCS(=O)(=O)CC2)cc(C(=O)OC)c1. The van der Waals surface area contributed by atoms with Gasteiger partial charge in [0.25, 0.3) is 0 Å². The van der Waals surface area contributed by atoms with Crippen molar-refractivity contribution in [2.45, 2.75) is 6.04 Å². The van der Waals surface area contributed by atoms with E-state index < -0.39 is 33.7 Å². The van der Waals surface area contributed by atoms with Gasteiger partial charge in [-0.05, 0) is 23.8 Å². The monoisotopic (exact) mass is 460 g/mol. The van der Waals surface area contributed by atoms with Gasteiger partial charge in [-0.3, -0.25) is 9.69 Å². The first-order valence-corrected chi connectivity index (χ1v) is 11.7. The molecule has 1 saturated heterocycles. The van der Waals surface area contributed by atoms with Gasteiger partial charge in [-0.15, -0.1) is 0 Å². The Kier molecular flexibility index (Phi) is 7.26. The van der Waals surface area contributed by atoms with Gasteiger partial charge in [-0.25, -0.2) is 18.0 Å². The summed E-state index contributed by atoms with van der Waals surface area (Å²) in [6.07, 6.45) is 0. The average Bonchev–Trinajstić information content (AvgIpc) is 2.79. The third kappa shape index (κ3) is 5.51. The number of amides is 1. The molecule has 10 heteroatoms. The highest BCUT2D eigenvalue weighted by molar-refractivity contribution is 7.91. The van der Waals surface area contributed by atoms with Gasteiger partial charge < -0.3 is 14.8 Å². The van der Waals surface area contributed by atoms with Crippen molar-refractivity contribution < 1.29 is 32.3 Å². The van der Waals surface area contributed by atoms with Crippen molar-refractivity contribution in [1.29, 1.82) is 0 Å². The fraction of sp³-hybridized carbons (Fsp3) is 0.318. The molecular formula is C22H24N2O7S. The lowest BCUT2D eigenvalue weighted by atomic mass is 10.0. The summed E-state index contributed by atoms with van der Waals surface area (Å²) in [7, 11) is -0.709. The van der Waals surface area contributed by atoms with Gasteiger partial charge in [-0.1, -0.05) is 30.3 Å².